The van der Waals surface area contributed by atoms with Crippen LogP contribution < -0.4 is 4.90 Å². The highest BCUT2D eigenvalue weighted by atomic mass is 19.4. The van der Waals surface area contributed by atoms with E-state index in [-0.39, 0.29) is 6.54 Å². The van der Waals surface area contributed by atoms with Crippen LogP contribution in [0.2, 0.25) is 0 Å². The minimum atomic E-state index is -4.72. The summed E-state index contributed by atoms with van der Waals surface area (Å²) in [6, 6.07) is 3.22. The third-order valence-electron chi connectivity index (χ3n) is 3.36. The molecule has 1 aromatic carbocycles. The molecule has 0 spiro atoms. The van der Waals surface area contributed by atoms with Crippen molar-refractivity contribution >= 4 is 11.7 Å². The van der Waals surface area contributed by atoms with Gasteiger partial charge in [0.15, 0.2) is 0 Å². The Morgan fingerprint density at radius 2 is 2.10 bits per heavy atom. The SMILES string of the molecule is C#CCN(CC1CC1)c1ccc(C(=O)O)c(C(F)(F)F)c1. The van der Waals surface area contributed by atoms with Crippen molar-refractivity contribution in [2.24, 2.45) is 5.92 Å². The summed E-state index contributed by atoms with van der Waals surface area (Å²) in [6.45, 7) is 0.786. The van der Waals surface area contributed by atoms with Gasteiger partial charge in [0.05, 0.1) is 17.7 Å². The van der Waals surface area contributed by atoms with Gasteiger partial charge in [-0.25, -0.2) is 4.79 Å². The highest BCUT2D eigenvalue weighted by Crippen LogP contribution is 2.36. The van der Waals surface area contributed by atoms with Crippen LogP contribution in [0.5, 0.6) is 0 Å². The highest BCUT2D eigenvalue weighted by molar-refractivity contribution is 5.90. The molecule has 1 fully saturated rings. The molecule has 0 atom stereocenters. The maximum Gasteiger partial charge on any atom is 0.417 e. The standard InChI is InChI=1S/C15H14F3NO2/c1-2-7-19(9-10-3-4-10)11-5-6-12(14(20)21)13(8-11)15(16,17)18/h1,5-6,8,10H,3-4,7,9H2,(H,20,21). The van der Waals surface area contributed by atoms with Crippen molar-refractivity contribution in [3.05, 3.63) is 29.3 Å². The fraction of sp³-hybridized carbons (Fsp3) is 0.400. The predicted molar refractivity (Wildman–Crippen MR) is 72.2 cm³/mol. The molecule has 0 radical (unpaired) electrons. The summed E-state index contributed by atoms with van der Waals surface area (Å²) < 4.78 is 39.0. The Kier molecular flexibility index (Phi) is 4.12. The van der Waals surface area contributed by atoms with E-state index in [1.54, 1.807) is 4.90 Å². The van der Waals surface area contributed by atoms with Crippen LogP contribution in [0.3, 0.4) is 0 Å². The zero-order valence-electron chi connectivity index (χ0n) is 11.2. The first-order chi connectivity index (χ1) is 9.82. The van der Waals surface area contributed by atoms with Crippen LogP contribution in [0.25, 0.3) is 0 Å². The number of carboxylic acids is 1. The number of benzene rings is 1. The Bertz CT molecular complexity index is 586. The normalized spacial score (nSPS) is 14.6. The summed E-state index contributed by atoms with van der Waals surface area (Å²) in [4.78, 5) is 12.6. The van der Waals surface area contributed by atoms with E-state index in [4.69, 9.17) is 11.5 Å². The van der Waals surface area contributed by atoms with Crippen LogP contribution in [0.1, 0.15) is 28.8 Å². The van der Waals surface area contributed by atoms with Crippen LogP contribution in [-0.4, -0.2) is 24.2 Å². The van der Waals surface area contributed by atoms with Crippen molar-refractivity contribution < 1.29 is 23.1 Å². The molecule has 0 aliphatic heterocycles. The second-order valence-corrected chi connectivity index (χ2v) is 5.06. The van der Waals surface area contributed by atoms with Gasteiger partial charge in [-0.15, -0.1) is 6.42 Å². The van der Waals surface area contributed by atoms with Gasteiger partial charge in [0, 0.05) is 12.2 Å². The van der Waals surface area contributed by atoms with Crippen molar-refractivity contribution in [2.75, 3.05) is 18.0 Å². The zero-order chi connectivity index (χ0) is 15.6. The largest absolute Gasteiger partial charge is 0.478 e. The van der Waals surface area contributed by atoms with Crippen LogP contribution in [0, 0.1) is 18.3 Å². The Morgan fingerprint density at radius 1 is 1.43 bits per heavy atom. The van der Waals surface area contributed by atoms with E-state index in [1.807, 2.05) is 0 Å². The van der Waals surface area contributed by atoms with Crippen LogP contribution in [-0.2, 0) is 6.18 Å². The van der Waals surface area contributed by atoms with Crippen molar-refractivity contribution in [3.63, 3.8) is 0 Å². The highest BCUT2D eigenvalue weighted by Gasteiger charge is 2.36. The first-order valence-corrected chi connectivity index (χ1v) is 6.46. The summed E-state index contributed by atoms with van der Waals surface area (Å²) in [7, 11) is 0. The summed E-state index contributed by atoms with van der Waals surface area (Å²) in [6.07, 6.45) is 2.62. The second-order valence-electron chi connectivity index (χ2n) is 5.06. The van der Waals surface area contributed by atoms with Gasteiger partial charge in [0.2, 0.25) is 0 Å². The molecule has 1 aliphatic carbocycles. The number of terminal acetylenes is 1. The lowest BCUT2D eigenvalue weighted by Crippen LogP contribution is -2.26. The van der Waals surface area contributed by atoms with Crippen molar-refractivity contribution in [1.29, 1.82) is 0 Å². The molecule has 0 aromatic heterocycles. The van der Waals surface area contributed by atoms with Crippen molar-refractivity contribution in [3.8, 4) is 12.3 Å². The zero-order valence-corrected chi connectivity index (χ0v) is 11.2. The molecule has 2 rings (SSSR count). The van der Waals surface area contributed by atoms with Crippen molar-refractivity contribution in [2.45, 2.75) is 19.0 Å². The van der Waals surface area contributed by atoms with Gasteiger partial charge in [-0.3, -0.25) is 0 Å². The summed E-state index contributed by atoms with van der Waals surface area (Å²) in [5, 5.41) is 8.87. The molecule has 0 unspecified atom stereocenters. The quantitative estimate of drug-likeness (QED) is 0.848. The van der Waals surface area contributed by atoms with Crippen molar-refractivity contribution in [1.82, 2.24) is 0 Å². The van der Waals surface area contributed by atoms with E-state index in [0.29, 0.717) is 18.2 Å². The fourth-order valence-corrected chi connectivity index (χ4v) is 2.13. The first kappa shape index (κ1) is 15.2. The number of alkyl halides is 3. The lowest BCUT2D eigenvalue weighted by molar-refractivity contribution is -0.138. The number of anilines is 1. The number of halogens is 3. The van der Waals surface area contributed by atoms with E-state index >= 15 is 0 Å². The van der Waals surface area contributed by atoms with Crippen LogP contribution in [0.4, 0.5) is 18.9 Å². The third-order valence-corrected chi connectivity index (χ3v) is 3.36. The number of rotatable bonds is 5. The molecular weight excluding hydrogens is 283 g/mol. The maximum absolute atomic E-state index is 13.0. The molecule has 1 aromatic rings. The smallest absolute Gasteiger partial charge is 0.417 e. The average Bonchev–Trinajstić information content (AvgIpc) is 3.20. The van der Waals surface area contributed by atoms with E-state index in [2.05, 4.69) is 5.92 Å². The van der Waals surface area contributed by atoms with Gasteiger partial charge in [-0.1, -0.05) is 5.92 Å². The van der Waals surface area contributed by atoms with Gasteiger partial charge < -0.3 is 10.0 Å². The number of hydrogen-bond acceptors (Lipinski definition) is 2. The molecule has 21 heavy (non-hydrogen) atoms. The molecule has 3 nitrogen and oxygen atoms in total. The molecule has 0 amide bonds. The molecule has 0 bridgehead atoms. The van der Waals surface area contributed by atoms with Gasteiger partial charge in [-0.2, -0.15) is 13.2 Å². The van der Waals surface area contributed by atoms with E-state index in [9.17, 15) is 18.0 Å². The average molecular weight is 297 g/mol. The van der Waals surface area contributed by atoms with Crippen LogP contribution in [0.15, 0.2) is 18.2 Å². The van der Waals surface area contributed by atoms with Gasteiger partial charge >= 0.3 is 12.1 Å². The lowest BCUT2D eigenvalue weighted by Gasteiger charge is -2.24. The number of hydrogen-bond donors (Lipinski definition) is 1. The van der Waals surface area contributed by atoms with E-state index in [1.165, 1.54) is 6.07 Å². The Morgan fingerprint density at radius 3 is 2.57 bits per heavy atom. The monoisotopic (exact) mass is 297 g/mol. The molecular formula is C15H14F3NO2. The molecule has 1 saturated carbocycles. The Labute approximate surface area is 120 Å². The summed E-state index contributed by atoms with van der Waals surface area (Å²) in [5.41, 5.74) is -1.60. The molecule has 1 N–H and O–H groups in total. The van der Waals surface area contributed by atoms with Gasteiger partial charge in [0.25, 0.3) is 0 Å². The third kappa shape index (κ3) is 3.69. The maximum atomic E-state index is 13.0. The lowest BCUT2D eigenvalue weighted by atomic mass is 10.1. The molecule has 0 heterocycles. The minimum Gasteiger partial charge on any atom is -0.478 e. The predicted octanol–water partition coefficient (Wildman–Crippen LogP) is 3.25. The van der Waals surface area contributed by atoms with Gasteiger partial charge in [-0.05, 0) is 37.0 Å². The fourth-order valence-electron chi connectivity index (χ4n) is 2.13. The molecule has 112 valence electrons. The number of nitrogens with zero attached hydrogens (tertiary/aromatic N) is 1. The Balaban J connectivity index is 2.39. The Hall–Kier alpha value is -2.16. The van der Waals surface area contributed by atoms with Crippen LogP contribution >= 0.6 is 0 Å². The number of carbonyl (C=O) groups is 1. The first-order valence-electron chi connectivity index (χ1n) is 6.46. The van der Waals surface area contributed by atoms with E-state index < -0.39 is 23.3 Å². The summed E-state index contributed by atoms with van der Waals surface area (Å²) in [5.74, 6) is 1.28. The minimum absolute atomic E-state index is 0.195. The number of carboxylic acid groups (broad SMARTS) is 1. The molecule has 0 saturated heterocycles. The number of aromatic carboxylic acids is 1. The molecule has 6 heteroatoms. The summed E-state index contributed by atoms with van der Waals surface area (Å²) >= 11 is 0. The topological polar surface area (TPSA) is 40.5 Å². The molecule has 1 aliphatic rings. The second kappa shape index (κ2) is 5.68. The van der Waals surface area contributed by atoms with Gasteiger partial charge in [0.1, 0.15) is 0 Å². The van der Waals surface area contributed by atoms with E-state index in [0.717, 1.165) is 25.0 Å².